The zero-order valence-electron chi connectivity index (χ0n) is 5.34. The van der Waals surface area contributed by atoms with Gasteiger partial charge in [-0.05, 0) is 6.07 Å². The standard InChI is InChI=1S/C7H9BrN/c1-9-4-2-3-7(5-8)6-9/h2-4,6H,5H2,1H3/q+1. The van der Waals surface area contributed by atoms with E-state index in [9.17, 15) is 0 Å². The van der Waals surface area contributed by atoms with E-state index < -0.39 is 0 Å². The molecule has 0 aromatic carbocycles. The number of hydrogen-bond acceptors (Lipinski definition) is 0. The summed E-state index contributed by atoms with van der Waals surface area (Å²) in [5.41, 5.74) is 1.31. The molecule has 0 atom stereocenters. The number of aromatic nitrogens is 1. The molecular formula is C7H9BrN+. The lowest BCUT2D eigenvalue weighted by Crippen LogP contribution is -2.26. The van der Waals surface area contributed by atoms with Gasteiger partial charge in [0.1, 0.15) is 7.05 Å². The molecule has 0 N–H and O–H groups in total. The van der Waals surface area contributed by atoms with Crippen LogP contribution in [0, 0.1) is 0 Å². The third-order valence-electron chi connectivity index (χ3n) is 1.16. The molecule has 0 amide bonds. The van der Waals surface area contributed by atoms with E-state index in [0.717, 1.165) is 5.33 Å². The van der Waals surface area contributed by atoms with Gasteiger partial charge in [-0.2, -0.15) is 0 Å². The van der Waals surface area contributed by atoms with Crippen LogP contribution in [-0.4, -0.2) is 0 Å². The molecule has 0 aliphatic heterocycles. The van der Waals surface area contributed by atoms with Gasteiger partial charge in [0.2, 0.25) is 0 Å². The normalized spacial score (nSPS) is 9.56. The Bertz CT molecular complexity index is 198. The molecule has 0 fully saturated rings. The fourth-order valence-corrected chi connectivity index (χ4v) is 1.06. The van der Waals surface area contributed by atoms with E-state index in [1.807, 2.05) is 23.9 Å². The fourth-order valence-electron chi connectivity index (χ4n) is 0.729. The predicted molar refractivity (Wildman–Crippen MR) is 40.2 cm³/mol. The summed E-state index contributed by atoms with van der Waals surface area (Å²) in [5.74, 6) is 0. The summed E-state index contributed by atoms with van der Waals surface area (Å²) in [6.45, 7) is 0. The highest BCUT2D eigenvalue weighted by atomic mass is 79.9. The Hall–Kier alpha value is -0.370. The molecule has 0 saturated carbocycles. The van der Waals surface area contributed by atoms with E-state index >= 15 is 0 Å². The molecule has 0 saturated heterocycles. The highest BCUT2D eigenvalue weighted by Crippen LogP contribution is 1.99. The molecule has 48 valence electrons. The van der Waals surface area contributed by atoms with Gasteiger partial charge in [0.15, 0.2) is 12.4 Å². The van der Waals surface area contributed by atoms with Gasteiger partial charge in [-0.15, -0.1) is 0 Å². The van der Waals surface area contributed by atoms with Crippen LogP contribution in [0.25, 0.3) is 0 Å². The van der Waals surface area contributed by atoms with Gasteiger partial charge in [-0.25, -0.2) is 4.57 Å². The van der Waals surface area contributed by atoms with Gasteiger partial charge in [0, 0.05) is 17.0 Å². The van der Waals surface area contributed by atoms with Crippen molar-refractivity contribution < 1.29 is 4.57 Å². The average molecular weight is 187 g/mol. The predicted octanol–water partition coefficient (Wildman–Crippen LogP) is 1.41. The van der Waals surface area contributed by atoms with Gasteiger partial charge in [-0.3, -0.25) is 0 Å². The largest absolute Gasteiger partial charge is 0.207 e. The quantitative estimate of drug-likeness (QED) is 0.462. The van der Waals surface area contributed by atoms with E-state index in [-0.39, 0.29) is 0 Å². The van der Waals surface area contributed by atoms with Crippen molar-refractivity contribution in [2.75, 3.05) is 0 Å². The number of halogens is 1. The van der Waals surface area contributed by atoms with Crippen molar-refractivity contribution in [2.45, 2.75) is 5.33 Å². The van der Waals surface area contributed by atoms with Crippen LogP contribution in [-0.2, 0) is 12.4 Å². The van der Waals surface area contributed by atoms with Crippen molar-refractivity contribution in [2.24, 2.45) is 7.05 Å². The number of rotatable bonds is 1. The van der Waals surface area contributed by atoms with E-state index in [2.05, 4.69) is 28.2 Å². The third-order valence-corrected chi connectivity index (χ3v) is 1.80. The summed E-state index contributed by atoms with van der Waals surface area (Å²) in [6, 6.07) is 4.13. The zero-order valence-corrected chi connectivity index (χ0v) is 6.93. The van der Waals surface area contributed by atoms with Crippen LogP contribution < -0.4 is 4.57 Å². The van der Waals surface area contributed by atoms with E-state index in [1.54, 1.807) is 0 Å². The highest BCUT2D eigenvalue weighted by molar-refractivity contribution is 9.08. The van der Waals surface area contributed by atoms with Crippen LogP contribution in [0.1, 0.15) is 5.56 Å². The number of alkyl halides is 1. The number of hydrogen-bond donors (Lipinski definition) is 0. The van der Waals surface area contributed by atoms with Crippen LogP contribution in [0.4, 0.5) is 0 Å². The molecular weight excluding hydrogens is 178 g/mol. The Morgan fingerprint density at radius 1 is 1.67 bits per heavy atom. The number of pyridine rings is 1. The van der Waals surface area contributed by atoms with Crippen molar-refractivity contribution in [1.29, 1.82) is 0 Å². The summed E-state index contributed by atoms with van der Waals surface area (Å²) in [5, 5.41) is 0.932. The second kappa shape index (κ2) is 2.97. The maximum atomic E-state index is 3.38. The minimum Gasteiger partial charge on any atom is -0.207 e. The van der Waals surface area contributed by atoms with Gasteiger partial charge in [0.25, 0.3) is 0 Å². The molecule has 2 heteroatoms. The molecule has 0 aliphatic rings. The average Bonchev–Trinajstić information content (AvgIpc) is 1.88. The molecule has 1 nitrogen and oxygen atoms in total. The van der Waals surface area contributed by atoms with Crippen LogP contribution in [0.5, 0.6) is 0 Å². The molecule has 9 heavy (non-hydrogen) atoms. The monoisotopic (exact) mass is 186 g/mol. The van der Waals surface area contributed by atoms with E-state index in [1.165, 1.54) is 5.56 Å². The Labute approximate surface area is 63.5 Å². The molecule has 0 radical (unpaired) electrons. The SMILES string of the molecule is C[n+]1cccc(CBr)c1. The van der Waals surface area contributed by atoms with Gasteiger partial charge < -0.3 is 0 Å². The van der Waals surface area contributed by atoms with Crippen molar-refractivity contribution in [3.63, 3.8) is 0 Å². The van der Waals surface area contributed by atoms with E-state index in [0.29, 0.717) is 0 Å². The lowest BCUT2D eigenvalue weighted by molar-refractivity contribution is -0.671. The second-order valence-electron chi connectivity index (χ2n) is 2.01. The molecule has 0 unspecified atom stereocenters. The van der Waals surface area contributed by atoms with Crippen molar-refractivity contribution >= 4 is 15.9 Å². The summed E-state index contributed by atoms with van der Waals surface area (Å²) < 4.78 is 2.04. The van der Waals surface area contributed by atoms with Gasteiger partial charge in [0.05, 0.1) is 0 Å². The van der Waals surface area contributed by atoms with Crippen molar-refractivity contribution in [3.05, 3.63) is 30.1 Å². The second-order valence-corrected chi connectivity index (χ2v) is 2.57. The first-order valence-electron chi connectivity index (χ1n) is 2.83. The summed E-state index contributed by atoms with van der Waals surface area (Å²) in [6.07, 6.45) is 4.11. The zero-order chi connectivity index (χ0) is 6.69. The minimum atomic E-state index is 0.932. The molecule has 1 heterocycles. The minimum absolute atomic E-state index is 0.932. The van der Waals surface area contributed by atoms with E-state index in [4.69, 9.17) is 0 Å². The molecule has 0 bridgehead atoms. The topological polar surface area (TPSA) is 3.88 Å². The lowest BCUT2D eigenvalue weighted by Gasteiger charge is -1.89. The first kappa shape index (κ1) is 6.75. The number of nitrogens with zero attached hydrogens (tertiary/aromatic N) is 1. The van der Waals surface area contributed by atoms with Gasteiger partial charge in [-0.1, -0.05) is 15.9 Å². The smallest absolute Gasteiger partial charge is 0.172 e. The number of aryl methyl sites for hydroxylation is 1. The van der Waals surface area contributed by atoms with Crippen LogP contribution in [0.3, 0.4) is 0 Å². The Kier molecular flexibility index (Phi) is 2.22. The van der Waals surface area contributed by atoms with Crippen LogP contribution >= 0.6 is 15.9 Å². The van der Waals surface area contributed by atoms with Gasteiger partial charge >= 0.3 is 0 Å². The first-order chi connectivity index (χ1) is 4.33. The van der Waals surface area contributed by atoms with Crippen molar-refractivity contribution in [1.82, 2.24) is 0 Å². The molecule has 1 aromatic heterocycles. The summed E-state index contributed by atoms with van der Waals surface area (Å²) in [4.78, 5) is 0. The molecule has 0 spiro atoms. The van der Waals surface area contributed by atoms with Crippen LogP contribution in [0.2, 0.25) is 0 Å². The Morgan fingerprint density at radius 3 is 2.89 bits per heavy atom. The molecule has 0 aliphatic carbocycles. The third kappa shape index (κ3) is 1.79. The Morgan fingerprint density at radius 2 is 2.44 bits per heavy atom. The fraction of sp³-hybridized carbons (Fsp3) is 0.286. The maximum absolute atomic E-state index is 3.38. The molecule has 1 rings (SSSR count). The molecule has 1 aromatic rings. The van der Waals surface area contributed by atoms with Crippen LogP contribution in [0.15, 0.2) is 24.5 Å². The highest BCUT2D eigenvalue weighted by Gasteiger charge is 1.92. The first-order valence-corrected chi connectivity index (χ1v) is 3.95. The lowest BCUT2D eigenvalue weighted by atomic mass is 10.3. The summed E-state index contributed by atoms with van der Waals surface area (Å²) in [7, 11) is 2.02. The summed E-state index contributed by atoms with van der Waals surface area (Å²) >= 11 is 3.38. The maximum Gasteiger partial charge on any atom is 0.172 e. The Balaban J connectivity index is 2.94. The van der Waals surface area contributed by atoms with Crippen molar-refractivity contribution in [3.8, 4) is 0 Å².